The van der Waals surface area contributed by atoms with Crippen molar-refractivity contribution in [2.45, 2.75) is 10.9 Å². The minimum absolute atomic E-state index is 0.638. The molecule has 6 heteroatoms. The molecule has 0 amide bonds. The molecule has 2 nitrogen and oxygen atoms in total. The number of thiazole rings is 1. The van der Waals surface area contributed by atoms with Gasteiger partial charge in [-0.3, -0.25) is 0 Å². The Bertz CT molecular complexity index is 786. The van der Waals surface area contributed by atoms with Crippen LogP contribution in [-0.2, 0) is 6.54 Å². The maximum absolute atomic E-state index is 6.17. The van der Waals surface area contributed by atoms with Crippen LogP contribution in [-0.4, -0.2) is 11.2 Å². The summed E-state index contributed by atoms with van der Waals surface area (Å²) in [6.07, 6.45) is 2.04. The quantitative estimate of drug-likeness (QED) is 0.587. The van der Waals surface area contributed by atoms with Gasteiger partial charge in [0.2, 0.25) is 0 Å². The largest absolute Gasteiger partial charge is 0.381 e. The maximum atomic E-state index is 6.17. The van der Waals surface area contributed by atoms with E-state index in [1.807, 2.05) is 30.5 Å². The number of anilines is 1. The molecule has 0 spiro atoms. The fourth-order valence-corrected chi connectivity index (χ4v) is 3.88. The van der Waals surface area contributed by atoms with Crippen molar-refractivity contribution in [2.75, 3.05) is 11.6 Å². The van der Waals surface area contributed by atoms with Crippen molar-refractivity contribution in [3.63, 3.8) is 0 Å². The predicted octanol–water partition coefficient (Wildman–Crippen LogP) is 5.94. The second kappa shape index (κ2) is 6.44. The lowest BCUT2D eigenvalue weighted by molar-refractivity contribution is 1.15. The predicted molar refractivity (Wildman–Crippen MR) is 95.2 cm³/mol. The molecule has 0 radical (unpaired) electrons. The zero-order valence-electron chi connectivity index (χ0n) is 11.2. The van der Waals surface area contributed by atoms with Gasteiger partial charge < -0.3 is 5.32 Å². The second-order valence-electron chi connectivity index (χ2n) is 4.46. The summed E-state index contributed by atoms with van der Waals surface area (Å²) in [5, 5.41) is 4.79. The van der Waals surface area contributed by atoms with Gasteiger partial charge in [-0.05, 0) is 48.2 Å². The molecule has 2 aromatic carbocycles. The first kappa shape index (κ1) is 15.0. The highest BCUT2D eigenvalue weighted by Crippen LogP contribution is 2.30. The first-order chi connectivity index (χ1) is 10.2. The third kappa shape index (κ3) is 3.46. The van der Waals surface area contributed by atoms with Gasteiger partial charge in [-0.1, -0.05) is 35.0 Å². The van der Waals surface area contributed by atoms with E-state index in [9.17, 15) is 0 Å². The summed E-state index contributed by atoms with van der Waals surface area (Å²) in [5.41, 5.74) is 3.07. The van der Waals surface area contributed by atoms with E-state index in [0.29, 0.717) is 11.6 Å². The zero-order valence-corrected chi connectivity index (χ0v) is 14.3. The Balaban J connectivity index is 1.80. The number of thioether (sulfide) groups is 1. The molecule has 0 saturated heterocycles. The number of fused-ring (bicyclic) bond motifs is 1. The molecular weight excluding hydrogens is 343 g/mol. The highest BCUT2D eigenvalue weighted by atomic mass is 35.5. The van der Waals surface area contributed by atoms with Gasteiger partial charge in [-0.15, -0.1) is 11.3 Å². The summed E-state index contributed by atoms with van der Waals surface area (Å²) in [4.78, 5) is 4.53. The number of halogens is 2. The van der Waals surface area contributed by atoms with Gasteiger partial charge in [-0.25, -0.2) is 4.98 Å². The van der Waals surface area contributed by atoms with Crippen LogP contribution in [0.4, 0.5) is 5.69 Å². The van der Waals surface area contributed by atoms with Gasteiger partial charge >= 0.3 is 0 Å². The van der Waals surface area contributed by atoms with E-state index in [1.165, 1.54) is 4.70 Å². The van der Waals surface area contributed by atoms with E-state index < -0.39 is 0 Å². The van der Waals surface area contributed by atoms with Gasteiger partial charge in [0.25, 0.3) is 0 Å². The van der Waals surface area contributed by atoms with Crippen molar-refractivity contribution in [3.05, 3.63) is 52.0 Å². The summed E-state index contributed by atoms with van der Waals surface area (Å²) in [6, 6.07) is 11.7. The molecule has 0 aliphatic rings. The number of hydrogen-bond acceptors (Lipinski definition) is 4. The molecule has 0 saturated carbocycles. The average Bonchev–Trinajstić information content (AvgIpc) is 2.90. The minimum atomic E-state index is 0.638. The molecule has 0 aliphatic heterocycles. The van der Waals surface area contributed by atoms with Crippen molar-refractivity contribution < 1.29 is 0 Å². The van der Waals surface area contributed by atoms with E-state index in [0.717, 1.165) is 26.1 Å². The van der Waals surface area contributed by atoms with Crippen LogP contribution >= 0.6 is 46.3 Å². The smallest absolute Gasteiger partial charge is 0.150 e. The molecule has 21 heavy (non-hydrogen) atoms. The van der Waals surface area contributed by atoms with Crippen LogP contribution in [0.15, 0.2) is 40.7 Å². The molecule has 0 fully saturated rings. The SMILES string of the molecule is CSc1nc2ccc(NCc3cc(Cl)ccc3Cl)cc2s1. The minimum Gasteiger partial charge on any atom is -0.381 e. The number of nitrogens with zero attached hydrogens (tertiary/aromatic N) is 1. The van der Waals surface area contributed by atoms with Crippen LogP contribution in [0.3, 0.4) is 0 Å². The number of rotatable bonds is 4. The average molecular weight is 355 g/mol. The molecule has 108 valence electrons. The van der Waals surface area contributed by atoms with Crippen molar-refractivity contribution >= 4 is 62.2 Å². The van der Waals surface area contributed by atoms with Gasteiger partial charge in [0, 0.05) is 22.3 Å². The van der Waals surface area contributed by atoms with E-state index in [1.54, 1.807) is 29.2 Å². The lowest BCUT2D eigenvalue weighted by Gasteiger charge is -2.08. The number of aromatic nitrogens is 1. The van der Waals surface area contributed by atoms with Crippen molar-refractivity contribution in [2.24, 2.45) is 0 Å². The molecule has 3 rings (SSSR count). The first-order valence-corrected chi connectivity index (χ1v) is 9.08. The Morgan fingerprint density at radius 3 is 2.86 bits per heavy atom. The van der Waals surface area contributed by atoms with Crippen LogP contribution in [0.2, 0.25) is 10.0 Å². The Morgan fingerprint density at radius 2 is 2.05 bits per heavy atom. The number of nitrogens with one attached hydrogen (secondary N) is 1. The zero-order chi connectivity index (χ0) is 14.8. The summed E-state index contributed by atoms with van der Waals surface area (Å²) in [7, 11) is 0. The summed E-state index contributed by atoms with van der Waals surface area (Å²) in [6.45, 7) is 0.638. The summed E-state index contributed by atoms with van der Waals surface area (Å²) >= 11 is 15.5. The van der Waals surface area contributed by atoms with Crippen molar-refractivity contribution in [3.8, 4) is 0 Å². The van der Waals surface area contributed by atoms with Gasteiger partial charge in [0.1, 0.15) is 0 Å². The molecule has 0 aliphatic carbocycles. The van der Waals surface area contributed by atoms with E-state index >= 15 is 0 Å². The first-order valence-electron chi connectivity index (χ1n) is 6.28. The fourth-order valence-electron chi connectivity index (χ4n) is 1.98. The summed E-state index contributed by atoms with van der Waals surface area (Å²) < 4.78 is 2.27. The maximum Gasteiger partial charge on any atom is 0.150 e. The van der Waals surface area contributed by atoms with Crippen LogP contribution in [0, 0.1) is 0 Å². The molecule has 3 aromatic rings. The van der Waals surface area contributed by atoms with E-state index in [4.69, 9.17) is 23.2 Å². The van der Waals surface area contributed by atoms with E-state index in [-0.39, 0.29) is 0 Å². The molecular formula is C15H12Cl2N2S2. The van der Waals surface area contributed by atoms with Gasteiger partial charge in [-0.2, -0.15) is 0 Å². The molecule has 1 N–H and O–H groups in total. The summed E-state index contributed by atoms with van der Waals surface area (Å²) in [5.74, 6) is 0. The normalized spacial score (nSPS) is 11.0. The standard InChI is InChI=1S/C15H12Cl2N2S2/c1-20-15-19-13-5-3-11(7-14(13)21-15)18-8-9-6-10(16)2-4-12(9)17/h2-7,18H,8H2,1H3. The molecule has 1 aromatic heterocycles. The molecule has 0 unspecified atom stereocenters. The van der Waals surface area contributed by atoms with Crippen molar-refractivity contribution in [1.29, 1.82) is 0 Å². The number of benzene rings is 2. The van der Waals surface area contributed by atoms with Crippen LogP contribution in [0.1, 0.15) is 5.56 Å². The van der Waals surface area contributed by atoms with E-state index in [2.05, 4.69) is 16.4 Å². The highest BCUT2D eigenvalue weighted by Gasteiger charge is 2.05. The van der Waals surface area contributed by atoms with Crippen LogP contribution < -0.4 is 5.32 Å². The second-order valence-corrected chi connectivity index (χ2v) is 7.38. The number of hydrogen-bond donors (Lipinski definition) is 1. The highest BCUT2D eigenvalue weighted by molar-refractivity contribution is 8.00. The lowest BCUT2D eigenvalue weighted by Crippen LogP contribution is -1.99. The Hall–Kier alpha value is -0.940. The Kier molecular flexibility index (Phi) is 4.60. The van der Waals surface area contributed by atoms with Crippen LogP contribution in [0.5, 0.6) is 0 Å². The van der Waals surface area contributed by atoms with Crippen molar-refractivity contribution in [1.82, 2.24) is 4.98 Å². The molecule has 1 heterocycles. The Morgan fingerprint density at radius 1 is 1.19 bits per heavy atom. The Labute approximate surface area is 141 Å². The lowest BCUT2D eigenvalue weighted by atomic mass is 10.2. The third-order valence-corrected chi connectivity index (χ3v) is 5.64. The van der Waals surface area contributed by atoms with Gasteiger partial charge in [0.05, 0.1) is 10.2 Å². The van der Waals surface area contributed by atoms with Gasteiger partial charge in [0.15, 0.2) is 4.34 Å². The topological polar surface area (TPSA) is 24.9 Å². The molecule has 0 atom stereocenters. The molecule has 0 bridgehead atoms. The monoisotopic (exact) mass is 354 g/mol. The fraction of sp³-hybridized carbons (Fsp3) is 0.133. The third-order valence-electron chi connectivity index (χ3n) is 3.03. The van der Waals surface area contributed by atoms with Crippen LogP contribution in [0.25, 0.3) is 10.2 Å².